The maximum atomic E-state index is 13.2. The van der Waals surface area contributed by atoms with Gasteiger partial charge in [0.15, 0.2) is 0 Å². The summed E-state index contributed by atoms with van der Waals surface area (Å²) in [6.07, 6.45) is -5.14. The molecule has 0 saturated carbocycles. The minimum absolute atomic E-state index is 0.0249. The smallest absolute Gasteiger partial charge is 0.394 e. The number of aliphatic carboxylic acids is 1. The molecule has 11 heteroatoms. The number of carbonyl (C=O) groups is 1. The molecule has 0 aliphatic heterocycles. The molecule has 0 atom stereocenters. The van der Waals surface area contributed by atoms with E-state index in [0.29, 0.717) is 6.54 Å². The Morgan fingerprint density at radius 3 is 2.45 bits per heavy atom. The molecule has 1 heterocycles. The normalized spacial score (nSPS) is 12.5. The minimum Gasteiger partial charge on any atom is -0.481 e. The first kappa shape index (κ1) is 24.9. The Balaban J connectivity index is 2.55. The molecule has 2 aromatic rings. The zero-order valence-corrected chi connectivity index (χ0v) is 17.8. The summed E-state index contributed by atoms with van der Waals surface area (Å²) >= 11 is 6.37. The van der Waals surface area contributed by atoms with Crippen LogP contribution in [0.3, 0.4) is 0 Å². The van der Waals surface area contributed by atoms with Gasteiger partial charge < -0.3 is 9.84 Å². The van der Waals surface area contributed by atoms with Crippen LogP contribution >= 0.6 is 11.6 Å². The molecule has 172 valence electrons. The topological polar surface area (TPSA) is 64.4 Å². The largest absolute Gasteiger partial charge is 0.481 e. The zero-order chi connectivity index (χ0) is 23.6. The summed E-state index contributed by atoms with van der Waals surface area (Å²) in [4.78, 5) is 10.9. The van der Waals surface area contributed by atoms with Crippen LogP contribution in [-0.4, -0.2) is 33.6 Å². The molecule has 0 aliphatic carbocycles. The second-order valence-corrected chi connectivity index (χ2v) is 7.96. The van der Waals surface area contributed by atoms with E-state index in [0.717, 1.165) is 19.9 Å². The summed E-state index contributed by atoms with van der Waals surface area (Å²) in [6.45, 7) is 0.840. The van der Waals surface area contributed by atoms with Gasteiger partial charge in [0.2, 0.25) is 0 Å². The number of aryl methyl sites for hydroxylation is 2. The van der Waals surface area contributed by atoms with E-state index in [-0.39, 0.29) is 46.1 Å². The molecular formula is C20H22ClF5N2O3. The van der Waals surface area contributed by atoms with Crippen LogP contribution in [0, 0.1) is 5.41 Å². The maximum Gasteiger partial charge on any atom is 0.394 e. The van der Waals surface area contributed by atoms with E-state index in [2.05, 4.69) is 9.84 Å². The summed E-state index contributed by atoms with van der Waals surface area (Å²) in [5.41, 5.74) is -1.31. The highest BCUT2D eigenvalue weighted by Crippen LogP contribution is 2.43. The molecule has 0 radical (unpaired) electrons. The van der Waals surface area contributed by atoms with E-state index in [1.165, 1.54) is 16.8 Å². The Morgan fingerprint density at radius 2 is 1.94 bits per heavy atom. The Bertz CT molecular complexity index is 942. The van der Waals surface area contributed by atoms with Gasteiger partial charge in [0.25, 0.3) is 0 Å². The quantitative estimate of drug-likeness (QED) is 0.460. The molecule has 0 saturated heterocycles. The lowest BCUT2D eigenvalue weighted by atomic mass is 9.84. The highest BCUT2D eigenvalue weighted by molar-refractivity contribution is 6.33. The lowest BCUT2D eigenvalue weighted by molar-refractivity contribution is -0.211. The SMILES string of the molecule is CCn1nc(CCC(=O)O)c(Cl)c1-c1ccc(CC(C)(C)C(F)(F)F)cc1OC(F)F. The second-order valence-electron chi connectivity index (χ2n) is 7.59. The third-order valence-electron chi connectivity index (χ3n) is 4.77. The van der Waals surface area contributed by atoms with Gasteiger partial charge in [-0.2, -0.15) is 27.1 Å². The first-order valence-electron chi connectivity index (χ1n) is 9.38. The van der Waals surface area contributed by atoms with E-state index in [1.54, 1.807) is 6.92 Å². The highest BCUT2D eigenvalue weighted by Gasteiger charge is 2.47. The molecule has 0 bridgehead atoms. The monoisotopic (exact) mass is 468 g/mol. The average molecular weight is 469 g/mol. The molecule has 1 aromatic heterocycles. The van der Waals surface area contributed by atoms with E-state index in [1.807, 2.05) is 0 Å². The maximum absolute atomic E-state index is 13.2. The fourth-order valence-electron chi connectivity index (χ4n) is 3.04. The van der Waals surface area contributed by atoms with Crippen LogP contribution in [0.1, 0.15) is 38.4 Å². The van der Waals surface area contributed by atoms with Gasteiger partial charge >= 0.3 is 18.8 Å². The molecule has 0 unspecified atom stereocenters. The van der Waals surface area contributed by atoms with Crippen molar-refractivity contribution in [2.75, 3.05) is 0 Å². The van der Waals surface area contributed by atoms with Gasteiger partial charge in [-0.05, 0) is 31.0 Å². The van der Waals surface area contributed by atoms with Crippen LogP contribution in [0.5, 0.6) is 5.75 Å². The van der Waals surface area contributed by atoms with Crippen LogP contribution in [0.25, 0.3) is 11.3 Å². The number of benzene rings is 1. The molecule has 1 N–H and O–H groups in total. The number of alkyl halides is 5. The molecule has 0 amide bonds. The second kappa shape index (κ2) is 9.42. The van der Waals surface area contributed by atoms with Crippen molar-refractivity contribution in [1.29, 1.82) is 0 Å². The van der Waals surface area contributed by atoms with Gasteiger partial charge in [-0.3, -0.25) is 9.48 Å². The van der Waals surface area contributed by atoms with Gasteiger partial charge in [0.1, 0.15) is 5.75 Å². The molecule has 0 spiro atoms. The first-order chi connectivity index (χ1) is 14.3. The third kappa shape index (κ3) is 5.87. The number of halogens is 6. The van der Waals surface area contributed by atoms with E-state index >= 15 is 0 Å². The summed E-state index contributed by atoms with van der Waals surface area (Å²) in [5, 5.41) is 13.2. The van der Waals surface area contributed by atoms with Crippen molar-refractivity contribution in [2.24, 2.45) is 5.41 Å². The Kier molecular flexibility index (Phi) is 7.57. The lowest BCUT2D eigenvalue weighted by Gasteiger charge is -2.28. The molecule has 5 nitrogen and oxygen atoms in total. The molecule has 31 heavy (non-hydrogen) atoms. The fraction of sp³-hybridized carbons (Fsp3) is 0.500. The van der Waals surface area contributed by atoms with Gasteiger partial charge in [-0.1, -0.05) is 31.5 Å². The molecular weight excluding hydrogens is 447 g/mol. The summed E-state index contributed by atoms with van der Waals surface area (Å²) in [5.74, 6) is -1.39. The molecule has 1 aromatic carbocycles. The number of carboxylic acids is 1. The summed E-state index contributed by atoms with van der Waals surface area (Å²) in [6, 6.07) is 3.88. The number of hydrogen-bond donors (Lipinski definition) is 1. The van der Waals surface area contributed by atoms with Crippen LogP contribution < -0.4 is 4.74 Å². The van der Waals surface area contributed by atoms with Crippen LogP contribution in [-0.2, 0) is 24.2 Å². The van der Waals surface area contributed by atoms with Crippen molar-refractivity contribution < 1.29 is 36.6 Å². The van der Waals surface area contributed by atoms with Crippen LogP contribution in [0.2, 0.25) is 5.02 Å². The number of nitrogens with zero attached hydrogens (tertiary/aromatic N) is 2. The van der Waals surface area contributed by atoms with Gasteiger partial charge in [0.05, 0.1) is 28.2 Å². The number of ether oxygens (including phenoxy) is 1. The van der Waals surface area contributed by atoms with Gasteiger partial charge in [-0.15, -0.1) is 0 Å². The predicted octanol–water partition coefficient (Wildman–Crippen LogP) is 5.97. The third-order valence-corrected chi connectivity index (χ3v) is 5.16. The lowest BCUT2D eigenvalue weighted by Crippen LogP contribution is -2.34. The molecule has 0 fully saturated rings. The number of aromatic nitrogens is 2. The Hall–Kier alpha value is -2.36. The number of hydrogen-bond acceptors (Lipinski definition) is 3. The van der Waals surface area contributed by atoms with Crippen molar-refractivity contribution in [2.45, 2.75) is 59.4 Å². The predicted molar refractivity (Wildman–Crippen MR) is 104 cm³/mol. The van der Waals surface area contributed by atoms with Crippen LogP contribution in [0.15, 0.2) is 18.2 Å². The number of rotatable bonds is 9. The summed E-state index contributed by atoms with van der Waals surface area (Å²) in [7, 11) is 0. The fourth-order valence-corrected chi connectivity index (χ4v) is 3.37. The minimum atomic E-state index is -4.49. The van der Waals surface area contributed by atoms with E-state index in [4.69, 9.17) is 16.7 Å². The zero-order valence-electron chi connectivity index (χ0n) is 17.1. The van der Waals surface area contributed by atoms with Crippen molar-refractivity contribution in [3.63, 3.8) is 0 Å². The first-order valence-corrected chi connectivity index (χ1v) is 9.76. The standard InChI is InChI=1S/C20H22ClF5N2O3/c1-4-28-17(16(21)13(27-28)7-8-15(29)30)12-6-5-11(9-14(12)31-18(22)23)10-19(2,3)20(24,25)26/h5-6,9,18H,4,7-8,10H2,1-3H3,(H,29,30). The molecule has 2 rings (SSSR count). The Morgan fingerprint density at radius 1 is 1.29 bits per heavy atom. The number of carboxylic acid groups (broad SMARTS) is 1. The van der Waals surface area contributed by atoms with Crippen molar-refractivity contribution in [3.8, 4) is 17.0 Å². The van der Waals surface area contributed by atoms with Gasteiger partial charge in [-0.25, -0.2) is 0 Å². The van der Waals surface area contributed by atoms with Gasteiger partial charge in [0, 0.05) is 18.5 Å². The highest BCUT2D eigenvalue weighted by atomic mass is 35.5. The Labute approximate surface area is 180 Å². The van der Waals surface area contributed by atoms with E-state index < -0.39 is 30.6 Å². The molecule has 0 aliphatic rings. The van der Waals surface area contributed by atoms with Crippen molar-refractivity contribution in [1.82, 2.24) is 9.78 Å². The van der Waals surface area contributed by atoms with E-state index in [9.17, 15) is 26.7 Å². The van der Waals surface area contributed by atoms with Crippen LogP contribution in [0.4, 0.5) is 22.0 Å². The summed E-state index contributed by atoms with van der Waals surface area (Å²) < 4.78 is 71.8. The van der Waals surface area contributed by atoms with Crippen molar-refractivity contribution in [3.05, 3.63) is 34.5 Å². The van der Waals surface area contributed by atoms with Crippen molar-refractivity contribution >= 4 is 17.6 Å². The average Bonchev–Trinajstić information content (AvgIpc) is 2.94.